The average molecular weight is 240 g/mol. The van der Waals surface area contributed by atoms with Crippen molar-refractivity contribution >= 4 is 11.6 Å². The molecule has 0 heterocycles. The van der Waals surface area contributed by atoms with Crippen molar-refractivity contribution in [2.75, 3.05) is 5.88 Å². The van der Waals surface area contributed by atoms with Gasteiger partial charge in [0.1, 0.15) is 0 Å². The van der Waals surface area contributed by atoms with E-state index < -0.39 is 0 Å². The number of rotatable bonds is 6. The molecule has 0 fully saturated rings. The van der Waals surface area contributed by atoms with Gasteiger partial charge < -0.3 is 5.32 Å². The Labute approximate surface area is 104 Å². The molecule has 1 N–H and O–H groups in total. The zero-order valence-electron chi connectivity index (χ0n) is 10.5. The summed E-state index contributed by atoms with van der Waals surface area (Å²) in [5.74, 6) is 0.649. The lowest BCUT2D eigenvalue weighted by Gasteiger charge is -2.27. The van der Waals surface area contributed by atoms with Crippen molar-refractivity contribution in [3.05, 3.63) is 35.4 Å². The third kappa shape index (κ3) is 3.80. The van der Waals surface area contributed by atoms with Gasteiger partial charge in [0, 0.05) is 18.0 Å². The van der Waals surface area contributed by atoms with Crippen LogP contribution < -0.4 is 5.32 Å². The summed E-state index contributed by atoms with van der Waals surface area (Å²) in [6.07, 6.45) is 2.14. The van der Waals surface area contributed by atoms with Crippen LogP contribution in [0, 0.1) is 0 Å². The predicted molar refractivity (Wildman–Crippen MR) is 72.1 cm³/mol. The first kappa shape index (κ1) is 13.5. The zero-order chi connectivity index (χ0) is 12.0. The molecule has 0 aliphatic heterocycles. The van der Waals surface area contributed by atoms with E-state index in [1.54, 1.807) is 0 Å². The van der Waals surface area contributed by atoms with Crippen LogP contribution in [-0.2, 0) is 13.0 Å². The van der Waals surface area contributed by atoms with E-state index in [1.807, 2.05) is 0 Å². The van der Waals surface area contributed by atoms with Gasteiger partial charge in [0.2, 0.25) is 0 Å². The molecule has 0 bridgehead atoms. The van der Waals surface area contributed by atoms with Gasteiger partial charge in [-0.15, -0.1) is 11.6 Å². The van der Waals surface area contributed by atoms with Crippen LogP contribution >= 0.6 is 11.6 Å². The van der Waals surface area contributed by atoms with Crippen LogP contribution in [0.15, 0.2) is 24.3 Å². The van der Waals surface area contributed by atoms with Crippen molar-refractivity contribution < 1.29 is 0 Å². The van der Waals surface area contributed by atoms with E-state index in [2.05, 4.69) is 50.4 Å². The first-order chi connectivity index (χ1) is 7.63. The van der Waals surface area contributed by atoms with Crippen molar-refractivity contribution in [3.63, 3.8) is 0 Å². The maximum absolute atomic E-state index is 5.96. The van der Waals surface area contributed by atoms with Gasteiger partial charge in [0.15, 0.2) is 0 Å². The molecule has 0 aromatic heterocycles. The van der Waals surface area contributed by atoms with Crippen LogP contribution in [0.2, 0.25) is 0 Å². The highest BCUT2D eigenvalue weighted by Crippen LogP contribution is 2.13. The number of hydrogen-bond acceptors (Lipinski definition) is 1. The third-order valence-electron chi connectivity index (χ3n) is 3.23. The molecule has 1 aromatic rings. The molecule has 0 radical (unpaired) electrons. The number of alkyl halides is 1. The second-order valence-corrected chi connectivity index (χ2v) is 4.84. The quantitative estimate of drug-likeness (QED) is 0.746. The fraction of sp³-hybridized carbons (Fsp3) is 0.571. The molecule has 0 saturated heterocycles. The van der Waals surface area contributed by atoms with Gasteiger partial charge >= 0.3 is 0 Å². The van der Waals surface area contributed by atoms with E-state index in [0.717, 1.165) is 19.4 Å². The highest BCUT2D eigenvalue weighted by atomic mass is 35.5. The van der Waals surface area contributed by atoms with Gasteiger partial charge in [-0.05, 0) is 30.9 Å². The average Bonchev–Trinajstić information content (AvgIpc) is 2.36. The van der Waals surface area contributed by atoms with E-state index in [9.17, 15) is 0 Å². The minimum absolute atomic E-state index is 0.0466. The summed E-state index contributed by atoms with van der Waals surface area (Å²) in [7, 11) is 0. The summed E-state index contributed by atoms with van der Waals surface area (Å²) < 4.78 is 0. The number of benzene rings is 1. The van der Waals surface area contributed by atoms with Gasteiger partial charge in [0.05, 0.1) is 0 Å². The largest absolute Gasteiger partial charge is 0.306 e. The van der Waals surface area contributed by atoms with E-state index >= 15 is 0 Å². The van der Waals surface area contributed by atoms with E-state index in [0.29, 0.717) is 5.88 Å². The van der Waals surface area contributed by atoms with Crippen LogP contribution in [0.4, 0.5) is 0 Å². The lowest BCUT2D eigenvalue weighted by molar-refractivity contribution is 0.379. The Bertz CT molecular complexity index is 301. The van der Waals surface area contributed by atoms with Crippen molar-refractivity contribution in [1.82, 2.24) is 5.32 Å². The summed E-state index contributed by atoms with van der Waals surface area (Å²) in [5.41, 5.74) is 2.76. The number of aryl methyl sites for hydroxylation is 1. The standard InChI is InChI=1S/C14H22ClN/c1-4-12-6-8-13(9-7-12)10-16-14(3,5-2)11-15/h6-9,16H,4-5,10-11H2,1-3H3. The van der Waals surface area contributed by atoms with Crippen LogP contribution in [0.3, 0.4) is 0 Å². The van der Waals surface area contributed by atoms with E-state index in [1.165, 1.54) is 11.1 Å². The molecule has 90 valence electrons. The lowest BCUT2D eigenvalue weighted by atomic mass is 10.0. The Morgan fingerprint density at radius 2 is 1.69 bits per heavy atom. The fourth-order valence-electron chi connectivity index (χ4n) is 1.48. The molecule has 1 nitrogen and oxygen atoms in total. The topological polar surface area (TPSA) is 12.0 Å². The minimum atomic E-state index is 0.0466. The number of halogens is 1. The van der Waals surface area contributed by atoms with Crippen molar-refractivity contribution in [2.45, 2.75) is 45.7 Å². The Hall–Kier alpha value is -0.530. The molecule has 1 rings (SSSR count). The van der Waals surface area contributed by atoms with Gasteiger partial charge in [0.25, 0.3) is 0 Å². The predicted octanol–water partition coefficient (Wildman–Crippen LogP) is 3.75. The van der Waals surface area contributed by atoms with E-state index in [4.69, 9.17) is 11.6 Å². The lowest BCUT2D eigenvalue weighted by Crippen LogP contribution is -2.42. The van der Waals surface area contributed by atoms with E-state index in [-0.39, 0.29) is 5.54 Å². The fourth-order valence-corrected chi connectivity index (χ4v) is 1.76. The summed E-state index contributed by atoms with van der Waals surface area (Å²) in [6.45, 7) is 7.39. The second-order valence-electron chi connectivity index (χ2n) is 4.57. The summed E-state index contributed by atoms with van der Waals surface area (Å²) >= 11 is 5.96. The molecule has 16 heavy (non-hydrogen) atoms. The molecule has 2 heteroatoms. The molecule has 1 atom stereocenters. The van der Waals surface area contributed by atoms with Crippen molar-refractivity contribution in [2.24, 2.45) is 0 Å². The Balaban J connectivity index is 2.54. The van der Waals surface area contributed by atoms with Crippen LogP contribution in [-0.4, -0.2) is 11.4 Å². The summed E-state index contributed by atoms with van der Waals surface area (Å²) in [5, 5.41) is 3.52. The van der Waals surface area contributed by atoms with Crippen LogP contribution in [0.1, 0.15) is 38.3 Å². The SMILES string of the molecule is CCc1ccc(CNC(C)(CC)CCl)cc1. The highest BCUT2D eigenvalue weighted by Gasteiger charge is 2.19. The van der Waals surface area contributed by atoms with Gasteiger partial charge in [-0.1, -0.05) is 38.1 Å². The van der Waals surface area contributed by atoms with Crippen molar-refractivity contribution in [3.8, 4) is 0 Å². The highest BCUT2D eigenvalue weighted by molar-refractivity contribution is 6.18. The minimum Gasteiger partial charge on any atom is -0.306 e. The maximum atomic E-state index is 5.96. The molecule has 0 aliphatic carbocycles. The second kappa shape index (κ2) is 6.27. The zero-order valence-corrected chi connectivity index (χ0v) is 11.3. The Morgan fingerprint density at radius 3 is 2.12 bits per heavy atom. The summed E-state index contributed by atoms with van der Waals surface area (Å²) in [6, 6.07) is 8.77. The van der Waals surface area contributed by atoms with Crippen molar-refractivity contribution in [1.29, 1.82) is 0 Å². The van der Waals surface area contributed by atoms with Gasteiger partial charge in [-0.3, -0.25) is 0 Å². The number of hydrogen-bond donors (Lipinski definition) is 1. The summed E-state index contributed by atoms with van der Waals surface area (Å²) in [4.78, 5) is 0. The number of nitrogens with one attached hydrogen (secondary N) is 1. The third-order valence-corrected chi connectivity index (χ3v) is 3.82. The molecule has 1 aromatic carbocycles. The van der Waals surface area contributed by atoms with Gasteiger partial charge in [-0.2, -0.15) is 0 Å². The first-order valence-corrected chi connectivity index (χ1v) is 6.56. The Morgan fingerprint density at radius 1 is 1.12 bits per heavy atom. The molecule has 0 amide bonds. The van der Waals surface area contributed by atoms with Crippen LogP contribution in [0.5, 0.6) is 0 Å². The monoisotopic (exact) mass is 239 g/mol. The smallest absolute Gasteiger partial charge is 0.0403 e. The first-order valence-electron chi connectivity index (χ1n) is 6.02. The maximum Gasteiger partial charge on any atom is 0.0403 e. The van der Waals surface area contributed by atoms with Gasteiger partial charge in [-0.25, -0.2) is 0 Å². The Kier molecular flexibility index (Phi) is 5.30. The molecule has 1 unspecified atom stereocenters. The molecular formula is C14H22ClN. The molecular weight excluding hydrogens is 218 g/mol. The normalized spacial score (nSPS) is 14.8. The molecule has 0 saturated carbocycles. The van der Waals surface area contributed by atoms with Crippen LogP contribution in [0.25, 0.3) is 0 Å². The molecule has 0 aliphatic rings. The molecule has 0 spiro atoms.